The van der Waals surface area contributed by atoms with Crippen LogP contribution in [-0.4, -0.2) is 56.4 Å². The van der Waals surface area contributed by atoms with Gasteiger partial charge in [-0.2, -0.15) is 0 Å². The first-order chi connectivity index (χ1) is 18.5. The van der Waals surface area contributed by atoms with E-state index in [-0.39, 0.29) is 17.5 Å². The van der Waals surface area contributed by atoms with E-state index >= 15 is 0 Å². The van der Waals surface area contributed by atoms with E-state index < -0.39 is 5.60 Å². The van der Waals surface area contributed by atoms with Crippen LogP contribution in [0.3, 0.4) is 0 Å². The molecule has 0 radical (unpaired) electrons. The van der Waals surface area contributed by atoms with E-state index in [1.54, 1.807) is 11.8 Å². The van der Waals surface area contributed by atoms with Gasteiger partial charge < -0.3 is 23.9 Å². The zero-order valence-electron chi connectivity index (χ0n) is 23.0. The summed E-state index contributed by atoms with van der Waals surface area (Å²) < 4.78 is 13.2. The lowest BCUT2D eigenvalue weighted by atomic mass is 10.0. The Hall–Kier alpha value is -4.14. The van der Waals surface area contributed by atoms with Crippen molar-refractivity contribution in [2.24, 2.45) is 0 Å². The normalized spacial score (nSPS) is 16.3. The van der Waals surface area contributed by atoms with Crippen molar-refractivity contribution in [2.75, 3.05) is 13.6 Å². The van der Waals surface area contributed by atoms with Crippen LogP contribution in [0.1, 0.15) is 61.1 Å². The van der Waals surface area contributed by atoms with Crippen molar-refractivity contribution >= 4 is 22.9 Å². The number of likely N-dealkylation sites (N-methyl/N-ethyl adjacent to an activating group) is 1. The lowest BCUT2D eigenvalue weighted by Crippen LogP contribution is -2.41. The molecule has 0 atom stereocenters. The summed E-state index contributed by atoms with van der Waals surface area (Å²) in [6.45, 7) is 8.03. The lowest BCUT2D eigenvalue weighted by molar-refractivity contribution is 0.0496. The number of carbonyl (C=O) groups is 2. The van der Waals surface area contributed by atoms with Crippen molar-refractivity contribution in [1.82, 2.24) is 25.0 Å². The van der Waals surface area contributed by atoms with Crippen LogP contribution in [0.5, 0.6) is 0 Å². The Bertz CT molecular complexity index is 1590. The Kier molecular flexibility index (Phi) is 5.78. The first-order valence-corrected chi connectivity index (χ1v) is 13.4. The number of hydrogen-bond donors (Lipinski definition) is 1. The molecule has 1 saturated carbocycles. The molecular weight excluding hydrogens is 494 g/mol. The van der Waals surface area contributed by atoms with Gasteiger partial charge >= 0.3 is 6.09 Å². The van der Waals surface area contributed by atoms with Gasteiger partial charge in [0, 0.05) is 42.7 Å². The quantitative estimate of drug-likeness (QED) is 0.382. The summed E-state index contributed by atoms with van der Waals surface area (Å²) in [7, 11) is 1.84. The summed E-state index contributed by atoms with van der Waals surface area (Å²) in [5.74, 6) is 0.981. The van der Waals surface area contributed by atoms with Gasteiger partial charge in [0.05, 0.1) is 5.52 Å². The smallest absolute Gasteiger partial charge is 0.408 e. The minimum atomic E-state index is -0.531. The molecule has 1 N–H and O–H groups in total. The number of alkyl carbamates (subject to hydrolysis) is 1. The summed E-state index contributed by atoms with van der Waals surface area (Å²) in [5, 5.41) is 12.2. The fraction of sp³-hybridized carbons (Fsp3) is 0.400. The van der Waals surface area contributed by atoms with Crippen LogP contribution in [-0.2, 0) is 17.6 Å². The molecule has 4 aromatic rings. The van der Waals surface area contributed by atoms with E-state index in [0.717, 1.165) is 59.0 Å². The molecule has 1 aliphatic heterocycles. The second-order valence-corrected chi connectivity index (χ2v) is 11.7. The highest BCUT2D eigenvalue weighted by Gasteiger charge is 2.45. The first-order valence-electron chi connectivity index (χ1n) is 13.4. The predicted molar refractivity (Wildman–Crippen MR) is 147 cm³/mol. The van der Waals surface area contributed by atoms with Crippen molar-refractivity contribution in [3.63, 3.8) is 0 Å². The molecule has 3 heterocycles. The number of carbonyl (C=O) groups excluding carboxylic acids is 2. The number of amides is 2. The van der Waals surface area contributed by atoms with Gasteiger partial charge in [-0.25, -0.2) is 4.79 Å². The number of aromatic nitrogens is 3. The molecule has 9 nitrogen and oxygen atoms in total. The molecule has 2 aromatic heterocycles. The molecule has 2 amide bonds. The highest BCUT2D eigenvalue weighted by molar-refractivity contribution is 6.04. The number of hydrogen-bond acceptors (Lipinski definition) is 6. The van der Waals surface area contributed by atoms with Gasteiger partial charge in [-0.15, -0.1) is 10.2 Å². The van der Waals surface area contributed by atoms with Crippen LogP contribution in [0.2, 0.25) is 0 Å². The Morgan fingerprint density at radius 3 is 2.51 bits per heavy atom. The average Bonchev–Trinajstić information content (AvgIpc) is 3.33. The van der Waals surface area contributed by atoms with E-state index in [9.17, 15) is 9.59 Å². The average molecular weight is 528 g/mol. The van der Waals surface area contributed by atoms with Gasteiger partial charge in [-0.05, 0) is 87.9 Å². The fourth-order valence-corrected chi connectivity index (χ4v) is 5.38. The number of ether oxygens (including phenoxy) is 1. The van der Waals surface area contributed by atoms with E-state index in [0.29, 0.717) is 24.0 Å². The van der Waals surface area contributed by atoms with E-state index in [2.05, 4.69) is 44.3 Å². The van der Waals surface area contributed by atoms with Gasteiger partial charge in [-0.3, -0.25) is 4.79 Å². The topological polar surface area (TPSA) is 102 Å². The number of nitrogens with one attached hydrogen (secondary N) is 1. The van der Waals surface area contributed by atoms with Crippen LogP contribution in [0.15, 0.2) is 46.9 Å². The summed E-state index contributed by atoms with van der Waals surface area (Å²) in [6.07, 6.45) is 2.97. The molecule has 9 heteroatoms. The second kappa shape index (κ2) is 8.97. The van der Waals surface area contributed by atoms with Crippen LogP contribution in [0.25, 0.3) is 28.0 Å². The van der Waals surface area contributed by atoms with Crippen molar-refractivity contribution in [2.45, 2.75) is 64.5 Å². The van der Waals surface area contributed by atoms with E-state index in [1.807, 2.05) is 46.0 Å². The molecule has 0 unspecified atom stereocenters. The first kappa shape index (κ1) is 25.2. The zero-order chi connectivity index (χ0) is 27.5. The minimum Gasteiger partial charge on any atom is -0.444 e. The largest absolute Gasteiger partial charge is 0.444 e. The Labute approximate surface area is 227 Å². The number of rotatable bonds is 5. The van der Waals surface area contributed by atoms with Crippen LogP contribution < -0.4 is 5.32 Å². The summed E-state index contributed by atoms with van der Waals surface area (Å²) in [5.41, 5.74) is 4.76. The van der Waals surface area contributed by atoms with Crippen LogP contribution in [0.4, 0.5) is 4.79 Å². The maximum Gasteiger partial charge on any atom is 0.408 e. The molecule has 2 aromatic carbocycles. The molecule has 1 aliphatic carbocycles. The molecule has 0 saturated heterocycles. The van der Waals surface area contributed by atoms with Gasteiger partial charge in [0.2, 0.25) is 11.8 Å². The molecular formula is C30H33N5O4. The molecule has 0 spiro atoms. The van der Waals surface area contributed by atoms with E-state index in [1.165, 1.54) is 0 Å². The monoisotopic (exact) mass is 527 g/mol. The third kappa shape index (κ3) is 4.77. The summed E-state index contributed by atoms with van der Waals surface area (Å²) in [6, 6.07) is 14.3. The third-order valence-corrected chi connectivity index (χ3v) is 7.45. The number of fused-ring (bicyclic) bond motifs is 3. The number of benzene rings is 2. The van der Waals surface area contributed by atoms with Crippen molar-refractivity contribution in [3.8, 4) is 17.1 Å². The molecule has 6 rings (SSSR count). The van der Waals surface area contributed by atoms with Gasteiger partial charge in [-0.1, -0.05) is 12.1 Å². The maximum atomic E-state index is 13.4. The molecule has 2 aliphatic rings. The Balaban J connectivity index is 1.33. The van der Waals surface area contributed by atoms with Crippen molar-refractivity contribution in [1.29, 1.82) is 0 Å². The molecule has 1 fully saturated rings. The van der Waals surface area contributed by atoms with Gasteiger partial charge in [0.1, 0.15) is 11.3 Å². The number of nitrogens with zero attached hydrogens (tertiary/aromatic N) is 4. The summed E-state index contributed by atoms with van der Waals surface area (Å²) >= 11 is 0. The SMILES string of the molecule is Cc1nnc(-c2ccc3c(c2)c2c(n3-c3ccc(CC4(NC(=O)OC(C)(C)C)CC4)cc3)C(=O)N(C)CC2)o1. The Morgan fingerprint density at radius 2 is 1.87 bits per heavy atom. The highest BCUT2D eigenvalue weighted by Crippen LogP contribution is 2.40. The zero-order valence-corrected chi connectivity index (χ0v) is 23.0. The number of aryl methyl sites for hydroxylation is 1. The van der Waals surface area contributed by atoms with Crippen molar-refractivity contribution in [3.05, 3.63) is 65.2 Å². The Morgan fingerprint density at radius 1 is 1.13 bits per heavy atom. The third-order valence-electron chi connectivity index (χ3n) is 7.45. The fourth-order valence-electron chi connectivity index (χ4n) is 5.38. The van der Waals surface area contributed by atoms with Gasteiger partial charge in [0.25, 0.3) is 5.91 Å². The van der Waals surface area contributed by atoms with Crippen LogP contribution in [0, 0.1) is 6.92 Å². The highest BCUT2D eigenvalue weighted by atomic mass is 16.6. The molecule has 0 bridgehead atoms. The standard InChI is InChI=1S/C30H33N5O4/c1-18-32-33-26(38-18)20-8-11-24-23(16-20)22-12-15-34(5)27(36)25(22)35(24)21-9-6-19(7-10-21)17-30(13-14-30)31-28(37)39-29(2,3)4/h6-11,16H,12-15,17H2,1-5H3,(H,31,37). The lowest BCUT2D eigenvalue weighted by Gasteiger charge is -2.24. The summed E-state index contributed by atoms with van der Waals surface area (Å²) in [4.78, 5) is 27.5. The van der Waals surface area contributed by atoms with Crippen LogP contribution >= 0.6 is 0 Å². The van der Waals surface area contributed by atoms with Gasteiger partial charge in [0.15, 0.2) is 0 Å². The molecule has 39 heavy (non-hydrogen) atoms. The second-order valence-electron chi connectivity index (χ2n) is 11.7. The predicted octanol–water partition coefficient (Wildman–Crippen LogP) is 5.22. The van der Waals surface area contributed by atoms with Crippen molar-refractivity contribution < 1.29 is 18.7 Å². The van der Waals surface area contributed by atoms with E-state index in [4.69, 9.17) is 9.15 Å². The molecule has 202 valence electrons. The maximum absolute atomic E-state index is 13.4. The minimum absolute atomic E-state index is 0.00482.